The first kappa shape index (κ1) is 14.1. The molecule has 4 nitrogen and oxygen atoms in total. The first-order valence-electron chi connectivity index (χ1n) is 6.17. The Morgan fingerprint density at radius 1 is 1.47 bits per heavy atom. The average Bonchev–Trinajstić information content (AvgIpc) is 2.37. The molecule has 0 saturated carbocycles. The Hall–Kier alpha value is -0.970. The number of aromatic nitrogens is 1. The van der Waals surface area contributed by atoms with Crippen LogP contribution in [0.25, 0.3) is 0 Å². The number of rotatable bonds is 8. The third kappa shape index (κ3) is 5.26. The normalized spacial score (nSPS) is 12.6. The largest absolute Gasteiger partial charge is 0.389 e. The number of aryl methyl sites for hydroxylation is 1. The van der Waals surface area contributed by atoms with Crippen LogP contribution in [0.1, 0.15) is 25.1 Å². The Labute approximate surface area is 103 Å². The van der Waals surface area contributed by atoms with Crippen molar-refractivity contribution in [3.05, 3.63) is 29.6 Å². The number of hydrogen-bond donors (Lipinski definition) is 2. The molecule has 0 fully saturated rings. The van der Waals surface area contributed by atoms with Gasteiger partial charge in [-0.1, -0.05) is 13.0 Å². The third-order valence-electron chi connectivity index (χ3n) is 2.55. The van der Waals surface area contributed by atoms with Crippen molar-refractivity contribution in [2.24, 2.45) is 0 Å². The standard InChI is InChI=1S/C13H22N2O2/c1-3-11-6-5-7-15-13(11)9-14-8-12(16)10-17-4-2/h5-7,12,14,16H,3-4,8-10H2,1-2H3. The van der Waals surface area contributed by atoms with Gasteiger partial charge in [0.05, 0.1) is 18.4 Å². The van der Waals surface area contributed by atoms with E-state index >= 15 is 0 Å². The van der Waals surface area contributed by atoms with Crippen LogP contribution in [0.5, 0.6) is 0 Å². The highest BCUT2D eigenvalue weighted by atomic mass is 16.5. The summed E-state index contributed by atoms with van der Waals surface area (Å²) >= 11 is 0. The van der Waals surface area contributed by atoms with Gasteiger partial charge in [-0.05, 0) is 25.0 Å². The van der Waals surface area contributed by atoms with E-state index in [1.807, 2.05) is 13.0 Å². The number of hydrogen-bond acceptors (Lipinski definition) is 4. The van der Waals surface area contributed by atoms with Crippen molar-refractivity contribution in [3.8, 4) is 0 Å². The Morgan fingerprint density at radius 2 is 2.29 bits per heavy atom. The van der Waals surface area contributed by atoms with Crippen LogP contribution in [0.2, 0.25) is 0 Å². The average molecular weight is 238 g/mol. The highest BCUT2D eigenvalue weighted by Crippen LogP contribution is 2.05. The fourth-order valence-corrected chi connectivity index (χ4v) is 1.62. The number of ether oxygens (including phenoxy) is 1. The topological polar surface area (TPSA) is 54.4 Å². The zero-order valence-electron chi connectivity index (χ0n) is 10.6. The van der Waals surface area contributed by atoms with Gasteiger partial charge in [0.1, 0.15) is 0 Å². The Balaban J connectivity index is 2.30. The molecular weight excluding hydrogens is 216 g/mol. The lowest BCUT2D eigenvalue weighted by atomic mass is 10.1. The van der Waals surface area contributed by atoms with E-state index in [1.54, 1.807) is 6.20 Å². The smallest absolute Gasteiger partial charge is 0.0897 e. The number of aliphatic hydroxyl groups is 1. The van der Waals surface area contributed by atoms with E-state index in [4.69, 9.17) is 4.74 Å². The van der Waals surface area contributed by atoms with Crippen molar-refractivity contribution >= 4 is 0 Å². The third-order valence-corrected chi connectivity index (χ3v) is 2.55. The Bertz CT molecular complexity index is 318. The monoisotopic (exact) mass is 238 g/mol. The molecule has 0 aliphatic heterocycles. The van der Waals surface area contributed by atoms with E-state index in [1.165, 1.54) is 5.56 Å². The minimum Gasteiger partial charge on any atom is -0.389 e. The van der Waals surface area contributed by atoms with Gasteiger partial charge in [0.25, 0.3) is 0 Å². The van der Waals surface area contributed by atoms with Crippen LogP contribution in [0, 0.1) is 0 Å². The van der Waals surface area contributed by atoms with Gasteiger partial charge >= 0.3 is 0 Å². The van der Waals surface area contributed by atoms with Gasteiger partial charge < -0.3 is 15.2 Å². The molecule has 0 saturated heterocycles. The summed E-state index contributed by atoms with van der Waals surface area (Å²) in [6.07, 6.45) is 2.32. The Morgan fingerprint density at radius 3 is 3.00 bits per heavy atom. The molecule has 1 heterocycles. The van der Waals surface area contributed by atoms with E-state index in [2.05, 4.69) is 23.3 Å². The molecule has 17 heavy (non-hydrogen) atoms. The van der Waals surface area contributed by atoms with Crippen molar-refractivity contribution in [1.82, 2.24) is 10.3 Å². The minimum absolute atomic E-state index is 0.381. The summed E-state index contributed by atoms with van der Waals surface area (Å²) in [6, 6.07) is 4.03. The molecule has 1 atom stereocenters. The molecule has 0 bridgehead atoms. The molecule has 1 aromatic rings. The van der Waals surface area contributed by atoms with Crippen molar-refractivity contribution < 1.29 is 9.84 Å². The summed E-state index contributed by atoms with van der Waals surface area (Å²) < 4.78 is 5.14. The highest BCUT2D eigenvalue weighted by Gasteiger charge is 2.05. The predicted molar refractivity (Wildman–Crippen MR) is 67.8 cm³/mol. The lowest BCUT2D eigenvalue weighted by Crippen LogP contribution is -2.30. The molecule has 0 spiro atoms. The van der Waals surface area contributed by atoms with E-state index in [0.717, 1.165) is 12.1 Å². The van der Waals surface area contributed by atoms with Crippen LogP contribution in [0.15, 0.2) is 18.3 Å². The summed E-state index contributed by atoms with van der Waals surface area (Å²) in [5, 5.41) is 12.8. The molecule has 1 rings (SSSR count). The van der Waals surface area contributed by atoms with E-state index in [-0.39, 0.29) is 0 Å². The number of nitrogens with one attached hydrogen (secondary N) is 1. The lowest BCUT2D eigenvalue weighted by Gasteiger charge is -2.12. The second kappa shape index (κ2) is 8.17. The van der Waals surface area contributed by atoms with Crippen molar-refractivity contribution in [2.45, 2.75) is 32.9 Å². The zero-order valence-corrected chi connectivity index (χ0v) is 10.6. The maximum Gasteiger partial charge on any atom is 0.0897 e. The van der Waals surface area contributed by atoms with E-state index in [9.17, 15) is 5.11 Å². The van der Waals surface area contributed by atoms with Gasteiger partial charge in [-0.15, -0.1) is 0 Å². The van der Waals surface area contributed by atoms with Crippen molar-refractivity contribution in [1.29, 1.82) is 0 Å². The van der Waals surface area contributed by atoms with Crippen molar-refractivity contribution in [2.75, 3.05) is 19.8 Å². The van der Waals surface area contributed by atoms with Crippen LogP contribution in [0.3, 0.4) is 0 Å². The zero-order chi connectivity index (χ0) is 12.5. The van der Waals surface area contributed by atoms with Crippen LogP contribution in [0.4, 0.5) is 0 Å². The molecule has 1 aromatic heterocycles. The number of pyridine rings is 1. The fourth-order valence-electron chi connectivity index (χ4n) is 1.62. The summed E-state index contributed by atoms with van der Waals surface area (Å²) in [5.41, 5.74) is 2.30. The molecule has 0 aliphatic carbocycles. The first-order valence-corrected chi connectivity index (χ1v) is 6.17. The van der Waals surface area contributed by atoms with Gasteiger partial charge in [-0.25, -0.2) is 0 Å². The molecule has 2 N–H and O–H groups in total. The molecule has 0 aromatic carbocycles. The Kier molecular flexibility index (Phi) is 6.77. The number of aliphatic hydroxyl groups excluding tert-OH is 1. The van der Waals surface area contributed by atoms with Crippen LogP contribution in [-0.4, -0.2) is 36.0 Å². The van der Waals surface area contributed by atoms with E-state index < -0.39 is 6.10 Å². The minimum atomic E-state index is -0.455. The van der Waals surface area contributed by atoms with Gasteiger partial charge in [-0.3, -0.25) is 4.98 Å². The summed E-state index contributed by atoms with van der Waals surface area (Å²) in [6.45, 7) is 6.27. The number of nitrogens with zero attached hydrogens (tertiary/aromatic N) is 1. The second-order valence-electron chi connectivity index (χ2n) is 3.91. The molecule has 96 valence electrons. The van der Waals surface area contributed by atoms with Gasteiger partial charge in [-0.2, -0.15) is 0 Å². The van der Waals surface area contributed by atoms with Crippen LogP contribution >= 0.6 is 0 Å². The van der Waals surface area contributed by atoms with Gasteiger partial charge in [0, 0.05) is 25.9 Å². The second-order valence-corrected chi connectivity index (χ2v) is 3.91. The molecule has 1 unspecified atom stereocenters. The summed E-state index contributed by atoms with van der Waals surface area (Å²) in [5.74, 6) is 0. The predicted octanol–water partition coefficient (Wildman–Crippen LogP) is 1.13. The summed E-state index contributed by atoms with van der Waals surface area (Å²) in [7, 11) is 0. The highest BCUT2D eigenvalue weighted by molar-refractivity contribution is 5.19. The quantitative estimate of drug-likeness (QED) is 0.713. The molecular formula is C13H22N2O2. The first-order chi connectivity index (χ1) is 8.27. The van der Waals surface area contributed by atoms with Crippen LogP contribution in [-0.2, 0) is 17.7 Å². The van der Waals surface area contributed by atoms with Crippen molar-refractivity contribution in [3.63, 3.8) is 0 Å². The van der Waals surface area contributed by atoms with Gasteiger partial charge in [0.2, 0.25) is 0 Å². The van der Waals surface area contributed by atoms with E-state index in [0.29, 0.717) is 26.3 Å². The maximum absolute atomic E-state index is 9.58. The van der Waals surface area contributed by atoms with Crippen LogP contribution < -0.4 is 5.32 Å². The molecule has 0 radical (unpaired) electrons. The lowest BCUT2D eigenvalue weighted by molar-refractivity contribution is 0.0427. The fraction of sp³-hybridized carbons (Fsp3) is 0.615. The summed E-state index contributed by atoms with van der Waals surface area (Å²) in [4.78, 5) is 4.33. The molecule has 0 aliphatic rings. The maximum atomic E-state index is 9.58. The SMILES string of the molecule is CCOCC(O)CNCc1ncccc1CC. The molecule has 4 heteroatoms. The molecule has 0 amide bonds. The van der Waals surface area contributed by atoms with Gasteiger partial charge in [0.15, 0.2) is 0 Å².